The van der Waals surface area contributed by atoms with Crippen LogP contribution in [-0.2, 0) is 4.79 Å². The van der Waals surface area contributed by atoms with Gasteiger partial charge in [0.15, 0.2) is 0 Å². The molecule has 0 amide bonds. The Labute approximate surface area is 74.3 Å². The summed E-state index contributed by atoms with van der Waals surface area (Å²) in [5.74, 6) is -5.30. The maximum Gasteiger partial charge on any atom is 0.308 e. The van der Waals surface area contributed by atoms with Gasteiger partial charge in [0.2, 0.25) is 0 Å². The number of aliphatic carboxylic acids is 1. The van der Waals surface area contributed by atoms with E-state index in [0.29, 0.717) is 0 Å². The molecule has 3 nitrogen and oxygen atoms in total. The zero-order valence-corrected chi connectivity index (χ0v) is 6.98. The summed E-state index contributed by atoms with van der Waals surface area (Å²) in [7, 11) is 0. The van der Waals surface area contributed by atoms with Crippen LogP contribution in [0.3, 0.4) is 0 Å². The molecule has 1 rings (SSSR count). The fourth-order valence-corrected chi connectivity index (χ4v) is 1.27. The van der Waals surface area contributed by atoms with Crippen molar-refractivity contribution in [1.82, 2.24) is 0 Å². The van der Waals surface area contributed by atoms with Gasteiger partial charge in [-0.15, -0.1) is 12.4 Å². The van der Waals surface area contributed by atoms with E-state index >= 15 is 0 Å². The van der Waals surface area contributed by atoms with E-state index < -0.39 is 30.3 Å². The van der Waals surface area contributed by atoms with E-state index in [9.17, 15) is 13.6 Å². The molecule has 0 saturated heterocycles. The smallest absolute Gasteiger partial charge is 0.308 e. The van der Waals surface area contributed by atoms with Crippen LogP contribution in [0.25, 0.3) is 0 Å². The van der Waals surface area contributed by atoms with E-state index in [2.05, 4.69) is 0 Å². The molecular weight excluding hydrogens is 192 g/mol. The van der Waals surface area contributed by atoms with Crippen molar-refractivity contribution in [2.24, 2.45) is 11.7 Å². The molecule has 1 aliphatic rings. The van der Waals surface area contributed by atoms with Gasteiger partial charge in [0.1, 0.15) is 0 Å². The Morgan fingerprint density at radius 1 is 1.58 bits per heavy atom. The zero-order valence-electron chi connectivity index (χ0n) is 6.17. The molecule has 3 N–H and O–H groups in total. The first kappa shape index (κ1) is 11.6. The zero-order chi connectivity index (χ0) is 8.65. The summed E-state index contributed by atoms with van der Waals surface area (Å²) < 4.78 is 25.1. The molecule has 0 heterocycles. The third-order valence-corrected chi connectivity index (χ3v) is 2.03. The maximum atomic E-state index is 12.6. The molecule has 72 valence electrons. The number of hydrogen-bond donors (Lipinski definition) is 2. The molecule has 0 aliphatic heterocycles. The van der Waals surface area contributed by atoms with Crippen molar-refractivity contribution in [2.75, 3.05) is 0 Å². The van der Waals surface area contributed by atoms with Crippen molar-refractivity contribution in [3.8, 4) is 0 Å². The number of halogens is 3. The lowest BCUT2D eigenvalue weighted by molar-refractivity contribution is -0.143. The molecule has 0 aromatic rings. The first-order chi connectivity index (χ1) is 4.95. The van der Waals surface area contributed by atoms with Gasteiger partial charge in [-0.05, 0) is 6.42 Å². The van der Waals surface area contributed by atoms with Gasteiger partial charge in [0, 0.05) is 6.42 Å². The van der Waals surface area contributed by atoms with E-state index in [4.69, 9.17) is 10.8 Å². The minimum Gasteiger partial charge on any atom is -0.481 e. The number of alkyl halides is 2. The minimum atomic E-state index is -3.00. The Hall–Kier alpha value is -0.420. The summed E-state index contributed by atoms with van der Waals surface area (Å²) in [6, 6.07) is -1.51. The van der Waals surface area contributed by atoms with Crippen molar-refractivity contribution >= 4 is 18.4 Å². The van der Waals surface area contributed by atoms with E-state index in [1.165, 1.54) is 0 Å². The molecule has 1 saturated carbocycles. The number of hydrogen-bond acceptors (Lipinski definition) is 2. The van der Waals surface area contributed by atoms with Crippen molar-refractivity contribution in [3.63, 3.8) is 0 Å². The fraction of sp³-hybridized carbons (Fsp3) is 0.833. The van der Waals surface area contributed by atoms with Gasteiger partial charge in [0.25, 0.3) is 5.92 Å². The maximum absolute atomic E-state index is 12.6. The number of carbonyl (C=O) groups is 1. The predicted octanol–water partition coefficient (Wildman–Crippen LogP) is 0.865. The van der Waals surface area contributed by atoms with Crippen LogP contribution in [-0.4, -0.2) is 23.0 Å². The van der Waals surface area contributed by atoms with Crippen molar-refractivity contribution < 1.29 is 18.7 Å². The van der Waals surface area contributed by atoms with Crippen molar-refractivity contribution in [1.29, 1.82) is 0 Å². The second-order valence-electron chi connectivity index (χ2n) is 2.77. The van der Waals surface area contributed by atoms with Crippen LogP contribution >= 0.6 is 12.4 Å². The first-order valence-electron chi connectivity index (χ1n) is 3.31. The molecular formula is C6H10ClF2NO2. The topological polar surface area (TPSA) is 63.3 Å². The first-order valence-corrected chi connectivity index (χ1v) is 3.31. The molecule has 0 aromatic carbocycles. The van der Waals surface area contributed by atoms with E-state index in [1.54, 1.807) is 0 Å². The van der Waals surface area contributed by atoms with Crippen LogP contribution in [0, 0.1) is 5.92 Å². The van der Waals surface area contributed by atoms with Crippen LogP contribution in [0.15, 0.2) is 0 Å². The highest BCUT2D eigenvalue weighted by atomic mass is 35.5. The number of rotatable bonds is 1. The lowest BCUT2D eigenvalue weighted by Gasteiger charge is -2.16. The highest BCUT2D eigenvalue weighted by Crippen LogP contribution is 2.37. The van der Waals surface area contributed by atoms with Gasteiger partial charge in [0.05, 0.1) is 12.0 Å². The third-order valence-electron chi connectivity index (χ3n) is 2.03. The summed E-state index contributed by atoms with van der Waals surface area (Å²) in [5, 5.41) is 8.40. The van der Waals surface area contributed by atoms with E-state index in [0.717, 1.165) is 0 Å². The highest BCUT2D eigenvalue weighted by molar-refractivity contribution is 5.85. The largest absolute Gasteiger partial charge is 0.481 e. The third kappa shape index (κ3) is 1.84. The van der Waals surface area contributed by atoms with Crippen molar-refractivity contribution in [2.45, 2.75) is 24.8 Å². The highest BCUT2D eigenvalue weighted by Gasteiger charge is 2.50. The average Bonchev–Trinajstić information content (AvgIpc) is 2.09. The standard InChI is InChI=1S/C6H9F2NO2.ClH/c7-6(8)2-1-3(4(6)9)5(10)11;/h3-4H,1-2,9H2,(H,10,11);1H/t3-,4-;/m0./s1. The summed E-state index contributed by atoms with van der Waals surface area (Å²) in [4.78, 5) is 10.3. The molecule has 0 unspecified atom stereocenters. The molecule has 0 bridgehead atoms. The number of nitrogens with two attached hydrogens (primary N) is 1. The Kier molecular flexibility index (Phi) is 3.41. The van der Waals surface area contributed by atoms with Crippen molar-refractivity contribution in [3.05, 3.63) is 0 Å². The van der Waals surface area contributed by atoms with Crippen LogP contribution in [0.4, 0.5) is 8.78 Å². The van der Waals surface area contributed by atoms with Gasteiger partial charge >= 0.3 is 5.97 Å². The average molecular weight is 202 g/mol. The van der Waals surface area contributed by atoms with Gasteiger partial charge in [-0.25, -0.2) is 8.78 Å². The van der Waals surface area contributed by atoms with Gasteiger partial charge in [-0.1, -0.05) is 0 Å². The lowest BCUT2D eigenvalue weighted by atomic mass is 10.0. The van der Waals surface area contributed by atoms with Crippen LogP contribution in [0.5, 0.6) is 0 Å². The molecule has 2 atom stereocenters. The molecule has 0 aromatic heterocycles. The minimum absolute atomic E-state index is 0. The summed E-state index contributed by atoms with van der Waals surface area (Å²) in [5.41, 5.74) is 5.03. The SMILES string of the molecule is Cl.N[C@H]1[C@@H](C(=O)O)CCC1(F)F. The molecule has 12 heavy (non-hydrogen) atoms. The Balaban J connectivity index is 0.00000121. The van der Waals surface area contributed by atoms with Crippen LogP contribution in [0.1, 0.15) is 12.8 Å². The second kappa shape index (κ2) is 3.53. The van der Waals surface area contributed by atoms with Crippen LogP contribution in [0.2, 0.25) is 0 Å². The molecule has 1 aliphatic carbocycles. The summed E-state index contributed by atoms with van der Waals surface area (Å²) >= 11 is 0. The second-order valence-corrected chi connectivity index (χ2v) is 2.77. The summed E-state index contributed by atoms with van der Waals surface area (Å²) in [6.45, 7) is 0. The molecule has 0 spiro atoms. The Bertz CT molecular complexity index is 188. The van der Waals surface area contributed by atoms with Crippen LogP contribution < -0.4 is 5.73 Å². The summed E-state index contributed by atoms with van der Waals surface area (Å²) in [6.07, 6.45) is -0.436. The molecule has 0 radical (unpaired) electrons. The Morgan fingerprint density at radius 2 is 2.08 bits per heavy atom. The monoisotopic (exact) mass is 201 g/mol. The predicted molar refractivity (Wildman–Crippen MR) is 40.5 cm³/mol. The molecule has 6 heteroatoms. The van der Waals surface area contributed by atoms with Gasteiger partial charge < -0.3 is 10.8 Å². The van der Waals surface area contributed by atoms with E-state index in [-0.39, 0.29) is 18.8 Å². The lowest BCUT2D eigenvalue weighted by Crippen LogP contribution is -2.42. The Morgan fingerprint density at radius 3 is 2.25 bits per heavy atom. The number of carboxylic acid groups (broad SMARTS) is 1. The van der Waals surface area contributed by atoms with E-state index in [1.807, 2.05) is 0 Å². The number of carboxylic acids is 1. The van der Waals surface area contributed by atoms with Gasteiger partial charge in [-0.3, -0.25) is 4.79 Å². The molecule has 1 fully saturated rings. The normalized spacial score (nSPS) is 32.6. The van der Waals surface area contributed by atoms with Gasteiger partial charge in [-0.2, -0.15) is 0 Å². The quantitative estimate of drug-likeness (QED) is 0.662. The fourth-order valence-electron chi connectivity index (χ4n) is 1.27.